The molecule has 72 valence electrons. The molecule has 0 spiro atoms. The zero-order valence-electron chi connectivity index (χ0n) is 7.79. The predicted octanol–water partition coefficient (Wildman–Crippen LogP) is -0.260. The summed E-state index contributed by atoms with van der Waals surface area (Å²) < 4.78 is 15.2. The zero-order chi connectivity index (χ0) is 9.78. The van der Waals surface area contributed by atoms with Crippen molar-refractivity contribution in [2.75, 3.05) is 21.3 Å². The van der Waals surface area contributed by atoms with Gasteiger partial charge < -0.3 is 19.0 Å². The van der Waals surface area contributed by atoms with Crippen molar-refractivity contribution in [3.63, 3.8) is 0 Å². The zero-order valence-corrected chi connectivity index (χ0v) is 8.79. The quantitative estimate of drug-likeness (QED) is 0.611. The van der Waals surface area contributed by atoms with E-state index in [4.69, 9.17) is 19.0 Å². The van der Waals surface area contributed by atoms with E-state index in [0.29, 0.717) is 0 Å². The Balaban J connectivity index is 4.58. The van der Waals surface area contributed by atoms with Crippen LogP contribution >= 0.6 is 0 Å². The number of hydrogen-bond donors (Lipinski definition) is 1. The number of nitrogens with two attached hydrogens (primary N) is 1. The van der Waals surface area contributed by atoms with Crippen molar-refractivity contribution < 1.29 is 18.1 Å². The first kappa shape index (κ1) is 11.6. The Morgan fingerprint density at radius 3 is 1.67 bits per heavy atom. The maximum Gasteiger partial charge on any atom is 0.512 e. The van der Waals surface area contributed by atoms with Gasteiger partial charge >= 0.3 is 8.80 Å². The largest absolute Gasteiger partial charge is 0.512 e. The van der Waals surface area contributed by atoms with Gasteiger partial charge in [0.05, 0.1) is 0 Å². The molecule has 0 radical (unpaired) electrons. The standard InChI is InChI=1S/C6H15NO4Si/c1-5(6(7)8)12(9-2,10-3)11-4/h5H,1-4H3,(H2,7,8). The number of primary amides is 1. The number of amides is 1. The van der Waals surface area contributed by atoms with Crippen LogP contribution in [0.5, 0.6) is 0 Å². The van der Waals surface area contributed by atoms with Crippen LogP contribution in [0.2, 0.25) is 5.54 Å². The molecule has 0 aliphatic rings. The second-order valence-electron chi connectivity index (χ2n) is 2.34. The highest BCUT2D eigenvalue weighted by Gasteiger charge is 2.47. The Bertz CT molecular complexity index is 151. The number of rotatable bonds is 5. The summed E-state index contributed by atoms with van der Waals surface area (Å²) in [6.07, 6.45) is 0. The minimum absolute atomic E-state index is 0.479. The minimum Gasteiger partial charge on any atom is -0.376 e. The molecule has 0 rings (SSSR count). The van der Waals surface area contributed by atoms with Crippen molar-refractivity contribution in [2.45, 2.75) is 12.5 Å². The van der Waals surface area contributed by atoms with Crippen molar-refractivity contribution in [3.8, 4) is 0 Å². The van der Waals surface area contributed by atoms with Crippen molar-refractivity contribution in [2.24, 2.45) is 5.73 Å². The van der Waals surface area contributed by atoms with E-state index in [0.717, 1.165) is 0 Å². The summed E-state index contributed by atoms with van der Waals surface area (Å²) in [7, 11) is 1.47. The molecule has 0 aromatic carbocycles. The van der Waals surface area contributed by atoms with E-state index in [1.54, 1.807) is 6.92 Å². The van der Waals surface area contributed by atoms with E-state index in [2.05, 4.69) is 0 Å². The van der Waals surface area contributed by atoms with Crippen LogP contribution in [0.15, 0.2) is 0 Å². The van der Waals surface area contributed by atoms with Crippen LogP contribution in [-0.4, -0.2) is 36.0 Å². The summed E-state index contributed by atoms with van der Waals surface area (Å²) >= 11 is 0. The summed E-state index contributed by atoms with van der Waals surface area (Å²) in [5, 5.41) is 0. The summed E-state index contributed by atoms with van der Waals surface area (Å²) in [6, 6.07) is 0. The lowest BCUT2D eigenvalue weighted by Crippen LogP contribution is -2.50. The Hall–Kier alpha value is -0.433. The van der Waals surface area contributed by atoms with E-state index in [-0.39, 0.29) is 0 Å². The molecule has 0 saturated carbocycles. The molecule has 0 fully saturated rings. The van der Waals surface area contributed by atoms with Crippen LogP contribution in [0.4, 0.5) is 0 Å². The molecule has 0 aromatic rings. The molecule has 0 aromatic heterocycles. The van der Waals surface area contributed by atoms with Gasteiger partial charge in [-0.2, -0.15) is 0 Å². The lowest BCUT2D eigenvalue weighted by atomic mass is 10.5. The minimum atomic E-state index is -2.86. The molecular formula is C6H15NO4Si. The topological polar surface area (TPSA) is 70.8 Å². The number of hydrogen-bond acceptors (Lipinski definition) is 4. The van der Waals surface area contributed by atoms with Crippen LogP contribution in [0.3, 0.4) is 0 Å². The first-order valence-electron chi connectivity index (χ1n) is 3.48. The fourth-order valence-electron chi connectivity index (χ4n) is 0.955. The monoisotopic (exact) mass is 193 g/mol. The van der Waals surface area contributed by atoms with Crippen LogP contribution in [0.25, 0.3) is 0 Å². The second kappa shape index (κ2) is 4.56. The molecule has 5 nitrogen and oxygen atoms in total. The lowest BCUT2D eigenvalue weighted by molar-refractivity contribution is -0.118. The lowest BCUT2D eigenvalue weighted by Gasteiger charge is -2.27. The summed E-state index contributed by atoms with van der Waals surface area (Å²) in [5.41, 5.74) is 4.57. The molecule has 0 bridgehead atoms. The van der Waals surface area contributed by atoms with Gasteiger partial charge in [0.1, 0.15) is 5.54 Å². The van der Waals surface area contributed by atoms with Gasteiger partial charge in [0.2, 0.25) is 5.91 Å². The van der Waals surface area contributed by atoms with E-state index >= 15 is 0 Å². The average Bonchev–Trinajstić information content (AvgIpc) is 2.08. The summed E-state index contributed by atoms with van der Waals surface area (Å²) in [6.45, 7) is 1.63. The Morgan fingerprint density at radius 1 is 1.25 bits per heavy atom. The molecule has 12 heavy (non-hydrogen) atoms. The maximum atomic E-state index is 10.8. The third-order valence-electron chi connectivity index (χ3n) is 1.81. The Morgan fingerprint density at radius 2 is 1.58 bits per heavy atom. The fourth-order valence-corrected chi connectivity index (χ4v) is 2.86. The molecule has 0 aliphatic carbocycles. The van der Waals surface area contributed by atoms with Gasteiger partial charge in [-0.15, -0.1) is 0 Å². The van der Waals surface area contributed by atoms with Gasteiger partial charge in [0.25, 0.3) is 0 Å². The van der Waals surface area contributed by atoms with E-state index in [1.807, 2.05) is 0 Å². The van der Waals surface area contributed by atoms with E-state index < -0.39 is 20.3 Å². The molecule has 0 aliphatic heterocycles. The van der Waals surface area contributed by atoms with Crippen LogP contribution in [0, 0.1) is 0 Å². The van der Waals surface area contributed by atoms with Gasteiger partial charge in [-0.05, 0) is 6.92 Å². The smallest absolute Gasteiger partial charge is 0.376 e. The molecule has 0 saturated heterocycles. The molecule has 6 heteroatoms. The van der Waals surface area contributed by atoms with Gasteiger partial charge in [0.15, 0.2) is 0 Å². The van der Waals surface area contributed by atoms with Crippen molar-refractivity contribution >= 4 is 14.7 Å². The van der Waals surface area contributed by atoms with E-state index in [1.165, 1.54) is 21.3 Å². The Labute approximate surface area is 73.2 Å². The number of carbonyl (C=O) groups is 1. The molecule has 1 unspecified atom stereocenters. The van der Waals surface area contributed by atoms with Crippen molar-refractivity contribution in [1.29, 1.82) is 0 Å². The highest BCUT2D eigenvalue weighted by Crippen LogP contribution is 2.22. The van der Waals surface area contributed by atoms with Crippen LogP contribution < -0.4 is 5.73 Å². The van der Waals surface area contributed by atoms with Crippen molar-refractivity contribution in [3.05, 3.63) is 0 Å². The second-order valence-corrected chi connectivity index (χ2v) is 5.64. The first-order chi connectivity index (χ1) is 5.54. The first-order valence-corrected chi connectivity index (χ1v) is 5.29. The van der Waals surface area contributed by atoms with Crippen LogP contribution in [-0.2, 0) is 18.1 Å². The van der Waals surface area contributed by atoms with E-state index in [9.17, 15) is 4.79 Å². The molecule has 2 N–H and O–H groups in total. The third kappa shape index (κ3) is 2.04. The van der Waals surface area contributed by atoms with Crippen LogP contribution in [0.1, 0.15) is 6.92 Å². The molecule has 1 amide bonds. The van der Waals surface area contributed by atoms with Gasteiger partial charge in [-0.3, -0.25) is 4.79 Å². The molecule has 0 heterocycles. The summed E-state index contributed by atoms with van der Waals surface area (Å²) in [5.74, 6) is -0.479. The number of carbonyl (C=O) groups excluding carboxylic acids is 1. The van der Waals surface area contributed by atoms with Gasteiger partial charge in [-0.1, -0.05) is 0 Å². The SMILES string of the molecule is CO[Si](OC)(OC)C(C)C(N)=O. The fraction of sp³-hybridized carbons (Fsp3) is 0.833. The highest BCUT2D eigenvalue weighted by atomic mass is 28.4. The highest BCUT2D eigenvalue weighted by molar-refractivity contribution is 6.66. The predicted molar refractivity (Wildman–Crippen MR) is 45.4 cm³/mol. The molecule has 1 atom stereocenters. The normalized spacial score (nSPS) is 14.3. The maximum absolute atomic E-state index is 10.8. The average molecular weight is 193 g/mol. The van der Waals surface area contributed by atoms with Crippen molar-refractivity contribution in [1.82, 2.24) is 0 Å². The molecular weight excluding hydrogens is 178 g/mol. The Kier molecular flexibility index (Phi) is 4.39. The summed E-state index contributed by atoms with van der Waals surface area (Å²) in [4.78, 5) is 10.8. The third-order valence-corrected chi connectivity index (χ3v) is 4.86. The van der Waals surface area contributed by atoms with Gasteiger partial charge in [-0.25, -0.2) is 0 Å². The van der Waals surface area contributed by atoms with Gasteiger partial charge in [0, 0.05) is 21.3 Å².